The molecule has 3 unspecified atom stereocenters. The second-order valence-electron chi connectivity index (χ2n) is 5.89. The van der Waals surface area contributed by atoms with E-state index >= 15 is 0 Å². The number of phenolic OH excluding ortho intramolecular Hbond substituents is 1. The van der Waals surface area contributed by atoms with Crippen LogP contribution >= 0.6 is 0 Å². The molecule has 0 bridgehead atoms. The molecule has 0 aromatic heterocycles. The second kappa shape index (κ2) is 5.32. The zero-order valence-electron chi connectivity index (χ0n) is 11.4. The Hall–Kier alpha value is -1.75. The highest BCUT2D eigenvalue weighted by molar-refractivity contribution is 5.79. The van der Waals surface area contributed by atoms with Crippen LogP contribution in [0.2, 0.25) is 0 Å². The van der Waals surface area contributed by atoms with E-state index in [0.29, 0.717) is 11.6 Å². The van der Waals surface area contributed by atoms with Crippen LogP contribution in [0.15, 0.2) is 18.2 Å². The van der Waals surface area contributed by atoms with Gasteiger partial charge in [-0.15, -0.1) is 0 Å². The standard InChI is InChI=1S/C15H21N3O2/c16-12-7-9(5-6-14(12)19)8-13-10-3-1-2-4-11(10)15(20)18-17-13/h5-7,10-11,13,17,19H,1-4,8,16H2,(H,18,20). The number of benzene rings is 1. The number of anilines is 1. The van der Waals surface area contributed by atoms with Crippen molar-refractivity contribution in [3.8, 4) is 5.75 Å². The zero-order chi connectivity index (χ0) is 14.1. The van der Waals surface area contributed by atoms with Crippen molar-refractivity contribution in [1.29, 1.82) is 0 Å². The van der Waals surface area contributed by atoms with Gasteiger partial charge in [0.15, 0.2) is 0 Å². The van der Waals surface area contributed by atoms with Crippen LogP contribution in [0.1, 0.15) is 31.2 Å². The molecule has 1 amide bonds. The van der Waals surface area contributed by atoms with Crippen molar-refractivity contribution in [2.24, 2.45) is 11.8 Å². The number of phenols is 1. The Kier molecular flexibility index (Phi) is 3.53. The molecule has 1 heterocycles. The number of rotatable bonds is 2. The number of hydrazine groups is 1. The minimum atomic E-state index is 0.120. The molecule has 1 aromatic rings. The Bertz CT molecular complexity index is 518. The second-order valence-corrected chi connectivity index (χ2v) is 5.89. The van der Waals surface area contributed by atoms with Crippen LogP contribution in [0.4, 0.5) is 5.69 Å². The summed E-state index contributed by atoms with van der Waals surface area (Å²) in [6, 6.07) is 5.57. The monoisotopic (exact) mass is 275 g/mol. The summed E-state index contributed by atoms with van der Waals surface area (Å²) < 4.78 is 0. The van der Waals surface area contributed by atoms with Gasteiger partial charge in [0.1, 0.15) is 5.75 Å². The number of nitrogen functional groups attached to an aromatic ring is 1. The van der Waals surface area contributed by atoms with Gasteiger partial charge in [0.05, 0.1) is 5.69 Å². The fraction of sp³-hybridized carbons (Fsp3) is 0.533. The first kappa shape index (κ1) is 13.2. The highest BCUT2D eigenvalue weighted by Gasteiger charge is 2.39. The molecule has 20 heavy (non-hydrogen) atoms. The molecule has 2 aliphatic rings. The van der Waals surface area contributed by atoms with Crippen molar-refractivity contribution >= 4 is 11.6 Å². The number of amides is 1. The Labute approximate surface area is 118 Å². The molecular weight excluding hydrogens is 254 g/mol. The van der Waals surface area contributed by atoms with Crippen molar-refractivity contribution in [2.75, 3.05) is 5.73 Å². The summed E-state index contributed by atoms with van der Waals surface area (Å²) in [5.41, 5.74) is 13.2. The van der Waals surface area contributed by atoms with Gasteiger partial charge in [0.25, 0.3) is 0 Å². The molecule has 1 aliphatic carbocycles. The van der Waals surface area contributed by atoms with E-state index < -0.39 is 0 Å². The number of carbonyl (C=O) groups is 1. The van der Waals surface area contributed by atoms with E-state index in [1.165, 1.54) is 6.42 Å². The molecule has 1 saturated heterocycles. The maximum absolute atomic E-state index is 11.9. The van der Waals surface area contributed by atoms with E-state index in [1.54, 1.807) is 6.07 Å². The summed E-state index contributed by atoms with van der Waals surface area (Å²) in [6.07, 6.45) is 5.25. The topological polar surface area (TPSA) is 87.4 Å². The SMILES string of the molecule is Nc1cc(CC2NNC(=O)C3CCCCC23)ccc1O. The number of hydrogen-bond acceptors (Lipinski definition) is 4. The first-order chi connectivity index (χ1) is 9.65. The lowest BCUT2D eigenvalue weighted by molar-refractivity contribution is -0.133. The quantitative estimate of drug-likeness (QED) is 0.484. The van der Waals surface area contributed by atoms with Crippen LogP contribution < -0.4 is 16.6 Å². The molecule has 3 rings (SSSR count). The lowest BCUT2D eigenvalue weighted by Gasteiger charge is -2.41. The van der Waals surface area contributed by atoms with Gasteiger partial charge < -0.3 is 10.8 Å². The van der Waals surface area contributed by atoms with Gasteiger partial charge in [0.2, 0.25) is 5.91 Å². The first-order valence-corrected chi connectivity index (χ1v) is 7.28. The molecule has 1 aromatic carbocycles. The van der Waals surface area contributed by atoms with Gasteiger partial charge in [-0.1, -0.05) is 18.9 Å². The third kappa shape index (κ3) is 2.45. The van der Waals surface area contributed by atoms with Crippen LogP contribution in [0.3, 0.4) is 0 Å². The summed E-state index contributed by atoms with van der Waals surface area (Å²) in [6.45, 7) is 0. The molecule has 1 aliphatic heterocycles. The van der Waals surface area contributed by atoms with Crippen molar-refractivity contribution in [3.05, 3.63) is 23.8 Å². The highest BCUT2D eigenvalue weighted by atomic mass is 16.3. The third-order valence-electron chi connectivity index (χ3n) is 4.60. The zero-order valence-corrected chi connectivity index (χ0v) is 11.4. The predicted octanol–water partition coefficient (Wildman–Crippen LogP) is 1.33. The Morgan fingerprint density at radius 3 is 2.90 bits per heavy atom. The predicted molar refractivity (Wildman–Crippen MR) is 76.7 cm³/mol. The molecule has 108 valence electrons. The molecule has 5 nitrogen and oxygen atoms in total. The van der Waals surface area contributed by atoms with Gasteiger partial charge >= 0.3 is 0 Å². The van der Waals surface area contributed by atoms with Crippen molar-refractivity contribution in [1.82, 2.24) is 10.9 Å². The fourth-order valence-corrected chi connectivity index (χ4v) is 3.52. The molecule has 5 N–H and O–H groups in total. The normalized spacial score (nSPS) is 29.6. The van der Waals surface area contributed by atoms with Crippen LogP contribution in [-0.2, 0) is 11.2 Å². The van der Waals surface area contributed by atoms with E-state index in [4.69, 9.17) is 5.73 Å². The smallest absolute Gasteiger partial charge is 0.237 e. The average molecular weight is 275 g/mol. The highest BCUT2D eigenvalue weighted by Crippen LogP contribution is 2.35. The summed E-state index contributed by atoms with van der Waals surface area (Å²) >= 11 is 0. The molecule has 2 fully saturated rings. The van der Waals surface area contributed by atoms with Crippen LogP contribution in [-0.4, -0.2) is 17.1 Å². The summed E-state index contributed by atoms with van der Waals surface area (Å²) in [7, 11) is 0. The number of fused-ring (bicyclic) bond motifs is 1. The number of carbonyl (C=O) groups excluding carboxylic acids is 1. The summed E-state index contributed by atoms with van der Waals surface area (Å²) in [5.74, 6) is 0.794. The van der Waals surface area contributed by atoms with E-state index in [9.17, 15) is 9.90 Å². The Morgan fingerprint density at radius 2 is 2.10 bits per heavy atom. The molecular formula is C15H21N3O2. The van der Waals surface area contributed by atoms with Gasteiger partial charge in [0, 0.05) is 12.0 Å². The summed E-state index contributed by atoms with van der Waals surface area (Å²) in [4.78, 5) is 11.9. The van der Waals surface area contributed by atoms with Crippen LogP contribution in [0.5, 0.6) is 5.75 Å². The van der Waals surface area contributed by atoms with E-state index in [-0.39, 0.29) is 23.6 Å². The van der Waals surface area contributed by atoms with Crippen molar-refractivity contribution < 1.29 is 9.90 Å². The minimum absolute atomic E-state index is 0.120. The maximum atomic E-state index is 11.9. The first-order valence-electron chi connectivity index (χ1n) is 7.28. The lowest BCUT2D eigenvalue weighted by atomic mass is 9.72. The number of aromatic hydroxyl groups is 1. The molecule has 0 spiro atoms. The van der Waals surface area contributed by atoms with Gasteiger partial charge in [-0.3, -0.25) is 10.2 Å². The fourth-order valence-electron chi connectivity index (χ4n) is 3.52. The molecule has 0 radical (unpaired) electrons. The van der Waals surface area contributed by atoms with Crippen LogP contribution in [0.25, 0.3) is 0 Å². The maximum Gasteiger partial charge on any atom is 0.237 e. The largest absolute Gasteiger partial charge is 0.506 e. The summed E-state index contributed by atoms with van der Waals surface area (Å²) in [5, 5.41) is 9.47. The number of hydrogen-bond donors (Lipinski definition) is 4. The van der Waals surface area contributed by atoms with E-state index in [0.717, 1.165) is 31.2 Å². The van der Waals surface area contributed by atoms with Crippen molar-refractivity contribution in [2.45, 2.75) is 38.1 Å². The molecule has 3 atom stereocenters. The lowest BCUT2D eigenvalue weighted by Crippen LogP contribution is -2.60. The molecule has 5 heteroatoms. The van der Waals surface area contributed by atoms with E-state index in [1.807, 2.05) is 12.1 Å². The van der Waals surface area contributed by atoms with Gasteiger partial charge in [-0.2, -0.15) is 0 Å². The number of nitrogens with one attached hydrogen (secondary N) is 2. The minimum Gasteiger partial charge on any atom is -0.506 e. The van der Waals surface area contributed by atoms with Crippen molar-refractivity contribution in [3.63, 3.8) is 0 Å². The van der Waals surface area contributed by atoms with Gasteiger partial charge in [-0.05, 0) is 42.9 Å². The number of nitrogens with two attached hydrogens (primary N) is 1. The van der Waals surface area contributed by atoms with Crippen LogP contribution in [0, 0.1) is 11.8 Å². The van der Waals surface area contributed by atoms with E-state index in [2.05, 4.69) is 10.9 Å². The van der Waals surface area contributed by atoms with Gasteiger partial charge in [-0.25, -0.2) is 5.43 Å². The Morgan fingerprint density at radius 1 is 1.30 bits per heavy atom. The average Bonchev–Trinajstić information content (AvgIpc) is 2.46. The Balaban J connectivity index is 1.75. The third-order valence-corrected chi connectivity index (χ3v) is 4.60. The molecule has 1 saturated carbocycles.